The van der Waals surface area contributed by atoms with Crippen LogP contribution < -0.4 is 5.90 Å². The molecule has 0 amide bonds. The van der Waals surface area contributed by atoms with Crippen LogP contribution in [0.25, 0.3) is 0 Å². The van der Waals surface area contributed by atoms with Gasteiger partial charge in [-0.2, -0.15) is 0 Å². The molecule has 0 fully saturated rings. The van der Waals surface area contributed by atoms with Crippen molar-refractivity contribution < 1.29 is 18.7 Å². The van der Waals surface area contributed by atoms with Gasteiger partial charge in [0, 0.05) is 17.5 Å². The predicted molar refractivity (Wildman–Crippen MR) is 46.6 cm³/mol. The maximum Gasteiger partial charge on any atom is 0.168 e. The van der Waals surface area contributed by atoms with E-state index in [1.54, 1.807) is 6.92 Å². The maximum atomic E-state index is 12.9. The van der Waals surface area contributed by atoms with Gasteiger partial charge in [0.25, 0.3) is 0 Å². The molecule has 0 aromatic heterocycles. The lowest BCUT2D eigenvalue weighted by atomic mass is 10.0. The van der Waals surface area contributed by atoms with E-state index >= 15 is 0 Å². The molecule has 0 heterocycles. The fourth-order valence-corrected chi connectivity index (χ4v) is 1.20. The first kappa shape index (κ1) is 10.9. The third-order valence-electron chi connectivity index (χ3n) is 1.93. The second-order valence-electron chi connectivity index (χ2n) is 3.06. The van der Waals surface area contributed by atoms with Crippen molar-refractivity contribution in [1.82, 2.24) is 0 Å². The van der Waals surface area contributed by atoms with Crippen molar-refractivity contribution in [3.05, 3.63) is 29.3 Å². The highest BCUT2D eigenvalue weighted by Gasteiger charge is 2.15. The molecule has 1 rings (SSSR count). The van der Waals surface area contributed by atoms with Gasteiger partial charge in [-0.05, 0) is 6.07 Å². The van der Waals surface area contributed by atoms with Gasteiger partial charge in [0.05, 0.1) is 6.61 Å². The largest absolute Gasteiger partial charge is 0.505 e. The fraction of sp³-hybridized carbons (Fsp3) is 0.333. The Morgan fingerprint density at radius 3 is 2.71 bits per heavy atom. The number of benzene rings is 1. The Morgan fingerprint density at radius 2 is 2.14 bits per heavy atom. The van der Waals surface area contributed by atoms with Crippen molar-refractivity contribution in [3.8, 4) is 5.75 Å². The molecule has 14 heavy (non-hydrogen) atoms. The van der Waals surface area contributed by atoms with E-state index in [-0.39, 0.29) is 18.1 Å². The summed E-state index contributed by atoms with van der Waals surface area (Å²) >= 11 is 0. The van der Waals surface area contributed by atoms with E-state index < -0.39 is 17.4 Å². The summed E-state index contributed by atoms with van der Waals surface area (Å²) in [5.74, 6) is 2.17. The van der Waals surface area contributed by atoms with Crippen molar-refractivity contribution in [3.63, 3.8) is 0 Å². The molecule has 0 aliphatic heterocycles. The van der Waals surface area contributed by atoms with Crippen molar-refractivity contribution in [2.24, 2.45) is 5.90 Å². The Morgan fingerprint density at radius 1 is 1.50 bits per heavy atom. The molecule has 0 saturated heterocycles. The Labute approximate surface area is 80.1 Å². The number of rotatable bonds is 3. The third-order valence-corrected chi connectivity index (χ3v) is 1.93. The SMILES string of the molecule is CC(CON)c1cc(F)cc(F)c1O. The molecule has 1 atom stereocenters. The average Bonchev–Trinajstić information content (AvgIpc) is 2.11. The van der Waals surface area contributed by atoms with Crippen LogP contribution in [0.5, 0.6) is 5.75 Å². The van der Waals surface area contributed by atoms with Gasteiger partial charge in [0.15, 0.2) is 11.6 Å². The molecule has 0 saturated carbocycles. The Hall–Kier alpha value is -1.20. The number of phenols is 1. The normalized spacial score (nSPS) is 12.9. The molecule has 1 aromatic carbocycles. The van der Waals surface area contributed by atoms with Crippen LogP contribution in [0.15, 0.2) is 12.1 Å². The highest BCUT2D eigenvalue weighted by Crippen LogP contribution is 2.29. The number of aromatic hydroxyl groups is 1. The second kappa shape index (κ2) is 4.34. The van der Waals surface area contributed by atoms with Crippen LogP contribution in [0, 0.1) is 11.6 Å². The third kappa shape index (κ3) is 2.18. The summed E-state index contributed by atoms with van der Waals surface area (Å²) in [5, 5.41) is 9.28. The van der Waals surface area contributed by atoms with Crippen LogP contribution >= 0.6 is 0 Å². The molecular weight excluding hydrogens is 192 g/mol. The van der Waals surface area contributed by atoms with E-state index in [1.165, 1.54) is 0 Å². The molecule has 3 N–H and O–H groups in total. The van der Waals surface area contributed by atoms with Crippen LogP contribution in [-0.4, -0.2) is 11.7 Å². The number of phenolic OH excluding ortho intramolecular Hbond substituents is 1. The molecule has 1 unspecified atom stereocenters. The van der Waals surface area contributed by atoms with E-state index in [9.17, 15) is 13.9 Å². The minimum atomic E-state index is -0.983. The van der Waals surface area contributed by atoms with Gasteiger partial charge in [-0.1, -0.05) is 6.92 Å². The van der Waals surface area contributed by atoms with Gasteiger partial charge < -0.3 is 9.94 Å². The van der Waals surface area contributed by atoms with Crippen LogP contribution in [0.3, 0.4) is 0 Å². The minimum absolute atomic E-state index is 0.0798. The quantitative estimate of drug-likeness (QED) is 0.734. The predicted octanol–water partition coefficient (Wildman–Crippen LogP) is 1.66. The molecule has 0 bridgehead atoms. The Bertz CT molecular complexity index is 331. The van der Waals surface area contributed by atoms with Gasteiger partial charge in [0.1, 0.15) is 5.82 Å². The van der Waals surface area contributed by atoms with Crippen LogP contribution in [0.2, 0.25) is 0 Å². The first-order valence-corrected chi connectivity index (χ1v) is 4.05. The minimum Gasteiger partial charge on any atom is -0.505 e. The summed E-state index contributed by atoms with van der Waals surface area (Å²) in [6.45, 7) is 1.72. The molecule has 5 heteroatoms. The molecule has 0 aliphatic carbocycles. The van der Waals surface area contributed by atoms with Crippen molar-refractivity contribution in [1.29, 1.82) is 0 Å². The molecule has 3 nitrogen and oxygen atoms in total. The lowest BCUT2D eigenvalue weighted by Gasteiger charge is -2.12. The number of nitrogens with two attached hydrogens (primary N) is 1. The second-order valence-corrected chi connectivity index (χ2v) is 3.06. The topological polar surface area (TPSA) is 55.5 Å². The maximum absolute atomic E-state index is 12.9. The van der Waals surface area contributed by atoms with E-state index in [1.807, 2.05) is 0 Å². The summed E-state index contributed by atoms with van der Waals surface area (Å²) < 4.78 is 25.7. The van der Waals surface area contributed by atoms with E-state index in [4.69, 9.17) is 5.90 Å². The van der Waals surface area contributed by atoms with Gasteiger partial charge in [-0.15, -0.1) is 0 Å². The van der Waals surface area contributed by atoms with Crippen molar-refractivity contribution >= 4 is 0 Å². The molecule has 78 valence electrons. The summed E-state index contributed by atoms with van der Waals surface area (Å²) in [5.41, 5.74) is 0.146. The van der Waals surface area contributed by atoms with Crippen molar-refractivity contribution in [2.75, 3.05) is 6.61 Å². The molecular formula is C9H11F2NO2. The zero-order valence-corrected chi connectivity index (χ0v) is 7.63. The fourth-order valence-electron chi connectivity index (χ4n) is 1.20. The zero-order chi connectivity index (χ0) is 10.7. The Kier molecular flexibility index (Phi) is 3.38. The standard InChI is InChI=1S/C9H11F2NO2/c1-5(4-14-12)7-2-6(10)3-8(11)9(7)13/h2-3,5,13H,4,12H2,1H3. The number of hydrogen-bond donors (Lipinski definition) is 2. The number of halogens is 2. The first-order valence-electron chi connectivity index (χ1n) is 4.05. The summed E-state index contributed by atoms with van der Waals surface area (Å²) in [6.07, 6.45) is 0. The lowest BCUT2D eigenvalue weighted by Crippen LogP contribution is -2.09. The lowest BCUT2D eigenvalue weighted by molar-refractivity contribution is 0.126. The molecule has 0 spiro atoms. The average molecular weight is 203 g/mol. The molecule has 1 aromatic rings. The highest BCUT2D eigenvalue weighted by molar-refractivity contribution is 5.36. The molecule has 0 aliphatic rings. The highest BCUT2D eigenvalue weighted by atomic mass is 19.1. The van der Waals surface area contributed by atoms with Gasteiger partial charge in [0.2, 0.25) is 0 Å². The van der Waals surface area contributed by atoms with Crippen LogP contribution in [-0.2, 0) is 4.84 Å². The molecule has 0 radical (unpaired) electrons. The number of hydrogen-bond acceptors (Lipinski definition) is 3. The van der Waals surface area contributed by atoms with E-state index in [2.05, 4.69) is 4.84 Å². The first-order chi connectivity index (χ1) is 6.56. The van der Waals surface area contributed by atoms with E-state index in [0.717, 1.165) is 6.07 Å². The zero-order valence-electron chi connectivity index (χ0n) is 7.63. The van der Waals surface area contributed by atoms with Crippen molar-refractivity contribution in [2.45, 2.75) is 12.8 Å². The van der Waals surface area contributed by atoms with Crippen LogP contribution in [0.1, 0.15) is 18.4 Å². The Balaban J connectivity index is 3.07. The van der Waals surface area contributed by atoms with Gasteiger partial charge in [-0.25, -0.2) is 14.7 Å². The monoisotopic (exact) mass is 203 g/mol. The summed E-state index contributed by atoms with van der Waals surface area (Å²) in [6, 6.07) is 1.68. The summed E-state index contributed by atoms with van der Waals surface area (Å²) in [4.78, 5) is 4.34. The van der Waals surface area contributed by atoms with Gasteiger partial charge >= 0.3 is 0 Å². The van der Waals surface area contributed by atoms with Gasteiger partial charge in [-0.3, -0.25) is 0 Å². The smallest absolute Gasteiger partial charge is 0.168 e. The summed E-state index contributed by atoms with van der Waals surface area (Å²) in [7, 11) is 0. The van der Waals surface area contributed by atoms with Crippen LogP contribution in [0.4, 0.5) is 8.78 Å². The van der Waals surface area contributed by atoms with E-state index in [0.29, 0.717) is 6.07 Å².